The number of piperidine rings is 1. The molecule has 7 heteroatoms. The number of carbonyl (C=O) groups excluding carboxylic acids is 2. The van der Waals surface area contributed by atoms with Gasteiger partial charge in [-0.3, -0.25) is 14.4 Å². The molecule has 0 atom stereocenters. The second kappa shape index (κ2) is 10.2. The van der Waals surface area contributed by atoms with Crippen LogP contribution in [0.15, 0.2) is 65.5 Å². The quantitative estimate of drug-likeness (QED) is 0.576. The molecule has 4 bridgehead atoms. The van der Waals surface area contributed by atoms with Crippen LogP contribution in [0, 0.1) is 12.3 Å². The van der Waals surface area contributed by atoms with Gasteiger partial charge in [-0.05, 0) is 87.1 Å². The van der Waals surface area contributed by atoms with Crippen molar-refractivity contribution in [3.63, 3.8) is 0 Å². The van der Waals surface area contributed by atoms with Crippen LogP contribution in [0.1, 0.15) is 46.9 Å². The van der Waals surface area contributed by atoms with Crippen molar-refractivity contribution < 1.29 is 14.3 Å². The van der Waals surface area contributed by atoms with E-state index in [9.17, 15) is 14.4 Å². The number of aryl methyl sites for hydroxylation is 1. The molecule has 192 valence electrons. The average Bonchev–Trinajstić information content (AvgIpc) is 2.89. The summed E-state index contributed by atoms with van der Waals surface area (Å²) in [5.41, 5.74) is 2.24. The number of nitrogens with one attached hydrogen (secondary N) is 1. The summed E-state index contributed by atoms with van der Waals surface area (Å²) in [6.07, 6.45) is 2.32. The van der Waals surface area contributed by atoms with E-state index in [4.69, 9.17) is 4.74 Å². The Morgan fingerprint density at radius 2 is 1.65 bits per heavy atom. The zero-order chi connectivity index (χ0) is 26.0. The molecule has 0 unspecified atom stereocenters. The fraction of sp³-hybridized carbons (Fsp3) is 0.367. The van der Waals surface area contributed by atoms with Crippen LogP contribution in [0.3, 0.4) is 0 Å². The fourth-order valence-electron chi connectivity index (χ4n) is 5.54. The molecule has 1 N–H and O–H groups in total. The van der Waals surface area contributed by atoms with Crippen molar-refractivity contribution in [3.05, 3.63) is 93.4 Å². The average molecular weight is 500 g/mol. The molecule has 3 aromatic rings. The van der Waals surface area contributed by atoms with Gasteiger partial charge in [0, 0.05) is 31.9 Å². The monoisotopic (exact) mass is 499 g/mol. The molecule has 2 aliphatic rings. The largest absolute Gasteiger partial charge is 0.457 e. The summed E-state index contributed by atoms with van der Waals surface area (Å²) in [6.45, 7) is 5.65. The van der Waals surface area contributed by atoms with Crippen molar-refractivity contribution in [2.75, 3.05) is 19.6 Å². The van der Waals surface area contributed by atoms with Gasteiger partial charge in [-0.25, -0.2) is 0 Å². The highest BCUT2D eigenvalue weighted by Crippen LogP contribution is 2.37. The van der Waals surface area contributed by atoms with E-state index >= 15 is 0 Å². The maximum atomic E-state index is 13.6. The molecular formula is C30H33N3O4. The zero-order valence-corrected chi connectivity index (χ0v) is 21.5. The number of pyridine rings is 1. The molecule has 1 fully saturated rings. The van der Waals surface area contributed by atoms with E-state index in [2.05, 4.69) is 5.32 Å². The first-order valence-corrected chi connectivity index (χ1v) is 13.0. The third kappa shape index (κ3) is 5.03. The molecule has 0 aliphatic carbocycles. The predicted molar refractivity (Wildman–Crippen MR) is 142 cm³/mol. The van der Waals surface area contributed by atoms with E-state index in [1.807, 2.05) is 68.4 Å². The molecule has 0 radical (unpaired) electrons. The second-order valence-corrected chi connectivity index (χ2v) is 10.1. The van der Waals surface area contributed by atoms with Gasteiger partial charge in [-0.2, -0.15) is 0 Å². The van der Waals surface area contributed by atoms with E-state index in [0.717, 1.165) is 28.3 Å². The zero-order valence-electron chi connectivity index (χ0n) is 21.5. The van der Waals surface area contributed by atoms with Crippen LogP contribution in [0.2, 0.25) is 0 Å². The van der Waals surface area contributed by atoms with Crippen molar-refractivity contribution in [1.29, 1.82) is 0 Å². The topological polar surface area (TPSA) is 80.6 Å². The maximum Gasteiger partial charge on any atom is 0.263 e. The second-order valence-electron chi connectivity index (χ2n) is 10.1. The van der Waals surface area contributed by atoms with Gasteiger partial charge in [0.1, 0.15) is 17.1 Å². The first kappa shape index (κ1) is 24.8. The van der Waals surface area contributed by atoms with Gasteiger partial charge >= 0.3 is 0 Å². The minimum absolute atomic E-state index is 0.0185. The molecular weight excluding hydrogens is 466 g/mol. The van der Waals surface area contributed by atoms with E-state index in [-0.39, 0.29) is 22.9 Å². The Hall–Kier alpha value is -3.87. The normalized spacial score (nSPS) is 17.1. The third-order valence-corrected chi connectivity index (χ3v) is 7.70. The summed E-state index contributed by atoms with van der Waals surface area (Å²) in [6, 6.07) is 19.3. The molecule has 1 aromatic heterocycles. The first-order chi connectivity index (χ1) is 17.9. The van der Waals surface area contributed by atoms with Crippen molar-refractivity contribution in [1.82, 2.24) is 14.8 Å². The Labute approximate surface area is 217 Å². The highest BCUT2D eigenvalue weighted by atomic mass is 16.5. The smallest absolute Gasteiger partial charge is 0.263 e. The summed E-state index contributed by atoms with van der Waals surface area (Å²) in [4.78, 5) is 41.6. The van der Waals surface area contributed by atoms with Crippen molar-refractivity contribution in [3.8, 4) is 11.5 Å². The Bertz CT molecular complexity index is 1390. The standard InChI is InChI=1S/C30H33N3O4/c1-3-33-21(2)10-11-26(28(33)35)27(34)32-16-13-30(14-17-32)20-23-7-5-9-25(19-23)37-24-8-4-6-22(18-24)12-15-31-29(30)36/h4-11,18-19H,3,12-17,20H2,1-2H3,(H,31,36). The van der Waals surface area contributed by atoms with Crippen molar-refractivity contribution in [2.45, 2.75) is 46.1 Å². The van der Waals surface area contributed by atoms with Crippen LogP contribution < -0.4 is 15.6 Å². The molecule has 2 aromatic carbocycles. The highest BCUT2D eigenvalue weighted by molar-refractivity contribution is 5.94. The lowest BCUT2D eigenvalue weighted by Crippen LogP contribution is -2.52. The van der Waals surface area contributed by atoms with Crippen molar-refractivity contribution >= 4 is 11.8 Å². The summed E-state index contributed by atoms with van der Waals surface area (Å²) >= 11 is 0. The number of amides is 2. The molecule has 5 rings (SSSR count). The van der Waals surface area contributed by atoms with Crippen LogP contribution in [0.25, 0.3) is 0 Å². The van der Waals surface area contributed by atoms with Crippen molar-refractivity contribution in [2.24, 2.45) is 5.41 Å². The Kier molecular flexibility index (Phi) is 6.87. The van der Waals surface area contributed by atoms with Crippen LogP contribution in [-0.2, 0) is 24.2 Å². The number of ether oxygens (including phenoxy) is 1. The van der Waals surface area contributed by atoms with E-state index < -0.39 is 5.41 Å². The van der Waals surface area contributed by atoms with Crippen LogP contribution in [-0.4, -0.2) is 40.9 Å². The number of hydrogen-bond donors (Lipinski definition) is 1. The number of fused-ring (bicyclic) bond motifs is 4. The maximum absolute atomic E-state index is 13.6. The number of nitrogens with zero attached hydrogens (tertiary/aromatic N) is 2. The summed E-state index contributed by atoms with van der Waals surface area (Å²) in [5, 5.41) is 3.17. The third-order valence-electron chi connectivity index (χ3n) is 7.70. The number of hydrogen-bond acceptors (Lipinski definition) is 4. The summed E-state index contributed by atoms with van der Waals surface area (Å²) < 4.78 is 7.74. The van der Waals surface area contributed by atoms with Gasteiger partial charge in [0.2, 0.25) is 5.91 Å². The number of likely N-dealkylation sites (tertiary alicyclic amines) is 1. The minimum atomic E-state index is -0.640. The lowest BCUT2D eigenvalue weighted by atomic mass is 9.72. The van der Waals surface area contributed by atoms with Gasteiger partial charge in [0.15, 0.2) is 0 Å². The Morgan fingerprint density at radius 3 is 2.35 bits per heavy atom. The molecule has 1 saturated heterocycles. The number of benzene rings is 2. The number of aromatic nitrogens is 1. The van der Waals surface area contributed by atoms with Gasteiger partial charge < -0.3 is 19.5 Å². The molecule has 2 aliphatic heterocycles. The molecule has 0 saturated carbocycles. The minimum Gasteiger partial charge on any atom is -0.457 e. The number of carbonyl (C=O) groups is 2. The van der Waals surface area contributed by atoms with Gasteiger partial charge in [-0.1, -0.05) is 24.3 Å². The van der Waals surface area contributed by atoms with Gasteiger partial charge in [0.25, 0.3) is 11.5 Å². The summed E-state index contributed by atoms with van der Waals surface area (Å²) in [5.74, 6) is 1.27. The Morgan fingerprint density at radius 1 is 0.973 bits per heavy atom. The summed E-state index contributed by atoms with van der Waals surface area (Å²) in [7, 11) is 0. The molecule has 37 heavy (non-hydrogen) atoms. The highest BCUT2D eigenvalue weighted by Gasteiger charge is 2.42. The van der Waals surface area contributed by atoms with Gasteiger partial charge in [-0.15, -0.1) is 0 Å². The predicted octanol–water partition coefficient (Wildman–Crippen LogP) is 4.11. The van der Waals surface area contributed by atoms with Crippen LogP contribution in [0.4, 0.5) is 0 Å². The lowest BCUT2D eigenvalue weighted by molar-refractivity contribution is -0.133. The van der Waals surface area contributed by atoms with Crippen LogP contribution >= 0.6 is 0 Å². The molecule has 3 heterocycles. The molecule has 2 amide bonds. The van der Waals surface area contributed by atoms with E-state index in [0.29, 0.717) is 51.9 Å². The van der Waals surface area contributed by atoms with Gasteiger partial charge in [0.05, 0.1) is 5.41 Å². The van der Waals surface area contributed by atoms with E-state index in [1.165, 1.54) is 0 Å². The Balaban J connectivity index is 1.39. The fourth-order valence-corrected chi connectivity index (χ4v) is 5.54. The first-order valence-electron chi connectivity index (χ1n) is 13.0. The van der Waals surface area contributed by atoms with Crippen LogP contribution in [0.5, 0.6) is 11.5 Å². The number of rotatable bonds is 2. The molecule has 7 nitrogen and oxygen atoms in total. The lowest BCUT2D eigenvalue weighted by Gasteiger charge is -2.41. The molecule has 1 spiro atoms. The van der Waals surface area contributed by atoms with E-state index in [1.54, 1.807) is 15.5 Å². The SMILES string of the molecule is CCn1c(C)ccc(C(=O)N2CCC3(CC2)Cc2cccc(c2)Oc2cccc(c2)CCNC3=O)c1=O.